The van der Waals surface area contributed by atoms with E-state index in [1.54, 1.807) is 6.26 Å². The minimum Gasteiger partial charge on any atom is -0.469 e. The molecule has 1 aromatic heterocycles. The van der Waals surface area contributed by atoms with Crippen molar-refractivity contribution in [2.75, 3.05) is 18.1 Å². The Balaban J connectivity index is 2.10. The maximum Gasteiger partial charge on any atom is 0.152 e. The standard InChI is InChI=1S/C10H13NO3S/c12-15(13)6-3-10(7-15)8-2-5-14-9(8)1-4-11-10/h2,5,11H,1,3-4,6-7H2. The topological polar surface area (TPSA) is 59.3 Å². The molecule has 3 rings (SSSR count). The van der Waals surface area contributed by atoms with Gasteiger partial charge in [0.15, 0.2) is 9.84 Å². The van der Waals surface area contributed by atoms with Crippen molar-refractivity contribution in [1.82, 2.24) is 5.32 Å². The lowest BCUT2D eigenvalue weighted by Gasteiger charge is -2.32. The second-order valence-electron chi connectivity index (χ2n) is 4.36. The molecule has 0 aromatic carbocycles. The van der Waals surface area contributed by atoms with Crippen LogP contribution in [0.15, 0.2) is 16.7 Å². The van der Waals surface area contributed by atoms with E-state index in [4.69, 9.17) is 4.42 Å². The Kier molecular flexibility index (Phi) is 1.79. The van der Waals surface area contributed by atoms with Crippen LogP contribution in [0.3, 0.4) is 0 Å². The third kappa shape index (κ3) is 1.33. The molecular formula is C10H13NO3S. The van der Waals surface area contributed by atoms with Gasteiger partial charge in [-0.25, -0.2) is 8.42 Å². The first kappa shape index (κ1) is 9.42. The lowest BCUT2D eigenvalue weighted by Crippen LogP contribution is -2.47. The van der Waals surface area contributed by atoms with E-state index < -0.39 is 9.84 Å². The van der Waals surface area contributed by atoms with Crippen molar-refractivity contribution in [3.8, 4) is 0 Å². The Hall–Kier alpha value is -0.810. The smallest absolute Gasteiger partial charge is 0.152 e. The molecule has 0 saturated carbocycles. The summed E-state index contributed by atoms with van der Waals surface area (Å²) in [5, 5.41) is 3.35. The zero-order valence-corrected chi connectivity index (χ0v) is 9.14. The van der Waals surface area contributed by atoms with Crippen LogP contribution in [0.4, 0.5) is 0 Å². The fourth-order valence-electron chi connectivity index (χ4n) is 2.67. The summed E-state index contributed by atoms with van der Waals surface area (Å²) in [6.45, 7) is 0.802. The molecule has 0 aliphatic carbocycles. The van der Waals surface area contributed by atoms with Gasteiger partial charge in [0.1, 0.15) is 5.76 Å². The normalized spacial score (nSPS) is 33.1. The van der Waals surface area contributed by atoms with Gasteiger partial charge in [-0.3, -0.25) is 0 Å². The van der Waals surface area contributed by atoms with Crippen LogP contribution in [-0.4, -0.2) is 26.5 Å². The first-order valence-corrected chi connectivity index (χ1v) is 6.96. The fourth-order valence-corrected chi connectivity index (χ4v) is 4.63. The van der Waals surface area contributed by atoms with E-state index in [0.717, 1.165) is 24.3 Å². The van der Waals surface area contributed by atoms with E-state index in [-0.39, 0.29) is 17.0 Å². The lowest BCUT2D eigenvalue weighted by molar-refractivity contribution is 0.332. The molecule has 2 aliphatic heterocycles. The number of fused-ring (bicyclic) bond motifs is 2. The third-order valence-electron chi connectivity index (χ3n) is 3.38. The number of hydrogen-bond acceptors (Lipinski definition) is 4. The average Bonchev–Trinajstić information content (AvgIpc) is 2.73. The lowest BCUT2D eigenvalue weighted by atomic mass is 9.86. The summed E-state index contributed by atoms with van der Waals surface area (Å²) < 4.78 is 28.5. The number of hydrogen-bond donors (Lipinski definition) is 1. The SMILES string of the molecule is O=S1(=O)CCC2(C1)NCCc1occc12. The summed E-state index contributed by atoms with van der Waals surface area (Å²) in [4.78, 5) is 0. The van der Waals surface area contributed by atoms with Crippen LogP contribution in [0.1, 0.15) is 17.7 Å². The van der Waals surface area contributed by atoms with Gasteiger partial charge in [0.05, 0.1) is 23.3 Å². The van der Waals surface area contributed by atoms with Crippen molar-refractivity contribution >= 4 is 9.84 Å². The summed E-state index contributed by atoms with van der Waals surface area (Å²) in [5.74, 6) is 1.45. The number of furan rings is 1. The third-order valence-corrected chi connectivity index (χ3v) is 5.14. The van der Waals surface area contributed by atoms with Gasteiger partial charge in [-0.1, -0.05) is 0 Å². The van der Waals surface area contributed by atoms with Gasteiger partial charge in [0.25, 0.3) is 0 Å². The molecule has 1 fully saturated rings. The molecule has 1 atom stereocenters. The minimum absolute atomic E-state index is 0.215. The fraction of sp³-hybridized carbons (Fsp3) is 0.600. The molecule has 1 aromatic rings. The highest BCUT2D eigenvalue weighted by Gasteiger charge is 2.46. The van der Waals surface area contributed by atoms with Gasteiger partial charge in [0, 0.05) is 18.5 Å². The van der Waals surface area contributed by atoms with Crippen molar-refractivity contribution in [2.24, 2.45) is 0 Å². The zero-order valence-electron chi connectivity index (χ0n) is 8.32. The number of rotatable bonds is 0. The molecule has 1 saturated heterocycles. The van der Waals surface area contributed by atoms with E-state index in [2.05, 4.69) is 5.32 Å². The molecule has 3 heterocycles. The largest absolute Gasteiger partial charge is 0.469 e. The Bertz CT molecular complexity index is 491. The quantitative estimate of drug-likeness (QED) is 0.698. The average molecular weight is 227 g/mol. The molecule has 15 heavy (non-hydrogen) atoms. The second kappa shape index (κ2) is 2.86. The molecule has 2 aliphatic rings. The first-order valence-electron chi connectivity index (χ1n) is 5.14. The number of sulfone groups is 1. The van der Waals surface area contributed by atoms with Gasteiger partial charge in [-0.05, 0) is 12.5 Å². The Morgan fingerprint density at radius 1 is 1.47 bits per heavy atom. The summed E-state index contributed by atoms with van der Waals surface area (Å²) in [7, 11) is -2.88. The molecule has 1 unspecified atom stereocenters. The van der Waals surface area contributed by atoms with E-state index in [1.165, 1.54) is 0 Å². The minimum atomic E-state index is -2.88. The highest BCUT2D eigenvalue weighted by Crippen LogP contribution is 2.38. The monoisotopic (exact) mass is 227 g/mol. The summed E-state index contributed by atoms with van der Waals surface area (Å²) in [6.07, 6.45) is 3.18. The maximum absolute atomic E-state index is 11.6. The van der Waals surface area contributed by atoms with E-state index in [9.17, 15) is 8.42 Å². The van der Waals surface area contributed by atoms with Crippen LogP contribution in [0.2, 0.25) is 0 Å². The highest BCUT2D eigenvalue weighted by molar-refractivity contribution is 7.91. The van der Waals surface area contributed by atoms with Gasteiger partial charge in [0.2, 0.25) is 0 Å². The van der Waals surface area contributed by atoms with Crippen LogP contribution >= 0.6 is 0 Å². The summed E-state index contributed by atoms with van der Waals surface area (Å²) >= 11 is 0. The molecule has 1 spiro atoms. The van der Waals surface area contributed by atoms with Gasteiger partial charge in [-0.15, -0.1) is 0 Å². The number of nitrogens with one attached hydrogen (secondary N) is 1. The van der Waals surface area contributed by atoms with Crippen molar-refractivity contribution < 1.29 is 12.8 Å². The predicted molar refractivity (Wildman–Crippen MR) is 55.4 cm³/mol. The molecule has 5 heteroatoms. The summed E-state index contributed by atoms with van der Waals surface area (Å²) in [6, 6.07) is 1.91. The van der Waals surface area contributed by atoms with Gasteiger partial charge >= 0.3 is 0 Å². The molecule has 82 valence electrons. The van der Waals surface area contributed by atoms with Crippen molar-refractivity contribution in [2.45, 2.75) is 18.4 Å². The van der Waals surface area contributed by atoms with Crippen LogP contribution < -0.4 is 5.32 Å². The van der Waals surface area contributed by atoms with Crippen LogP contribution in [0.25, 0.3) is 0 Å². The first-order chi connectivity index (χ1) is 7.11. The van der Waals surface area contributed by atoms with E-state index in [0.29, 0.717) is 6.42 Å². The zero-order chi connectivity index (χ0) is 10.5. The molecule has 0 bridgehead atoms. The Morgan fingerprint density at radius 3 is 3.07 bits per heavy atom. The Morgan fingerprint density at radius 2 is 2.33 bits per heavy atom. The molecule has 4 nitrogen and oxygen atoms in total. The summed E-state index contributed by atoms with van der Waals surface area (Å²) in [5.41, 5.74) is 0.689. The van der Waals surface area contributed by atoms with Crippen LogP contribution in [0, 0.1) is 0 Å². The highest BCUT2D eigenvalue weighted by atomic mass is 32.2. The van der Waals surface area contributed by atoms with Crippen molar-refractivity contribution in [1.29, 1.82) is 0 Å². The predicted octanol–water partition coefficient (Wildman–Crippen LogP) is 0.439. The van der Waals surface area contributed by atoms with Gasteiger partial charge < -0.3 is 9.73 Å². The van der Waals surface area contributed by atoms with Crippen LogP contribution in [0.5, 0.6) is 0 Å². The van der Waals surface area contributed by atoms with Crippen LogP contribution in [-0.2, 0) is 21.8 Å². The second-order valence-corrected chi connectivity index (χ2v) is 6.54. The molecular weight excluding hydrogens is 214 g/mol. The van der Waals surface area contributed by atoms with E-state index in [1.807, 2.05) is 6.07 Å². The Labute approximate surface area is 88.6 Å². The molecule has 0 amide bonds. The van der Waals surface area contributed by atoms with Crippen molar-refractivity contribution in [3.05, 3.63) is 23.7 Å². The molecule has 0 radical (unpaired) electrons. The molecule has 1 N–H and O–H groups in total. The maximum atomic E-state index is 11.6. The van der Waals surface area contributed by atoms with Gasteiger partial charge in [-0.2, -0.15) is 0 Å². The van der Waals surface area contributed by atoms with E-state index >= 15 is 0 Å². The van der Waals surface area contributed by atoms with Crippen molar-refractivity contribution in [3.63, 3.8) is 0 Å².